The van der Waals surface area contributed by atoms with Gasteiger partial charge in [-0.15, -0.1) is 0 Å². The number of hydrogen-bond acceptors (Lipinski definition) is 4. The number of nitrogens with one attached hydrogen (secondary N) is 2. The van der Waals surface area contributed by atoms with E-state index in [9.17, 15) is 35.9 Å². The van der Waals surface area contributed by atoms with Crippen molar-refractivity contribution in [2.75, 3.05) is 19.0 Å². The SMILES string of the molecule is CCOC(=O)C1=C(C)N(C)C(=S)N[C@@H]1c1cccc(NC(=O)c2cc(C(F)(F)F)cc(C(F)(F)F)c2)c1. The molecular weight excluding hydrogens is 524 g/mol. The summed E-state index contributed by atoms with van der Waals surface area (Å²) >= 11 is 5.31. The molecule has 0 saturated carbocycles. The van der Waals surface area contributed by atoms with Gasteiger partial charge in [0.2, 0.25) is 0 Å². The van der Waals surface area contributed by atoms with Crippen molar-refractivity contribution in [2.24, 2.45) is 0 Å². The largest absolute Gasteiger partial charge is 0.463 e. The molecule has 1 aliphatic heterocycles. The van der Waals surface area contributed by atoms with Crippen LogP contribution in [0.15, 0.2) is 53.7 Å². The van der Waals surface area contributed by atoms with Crippen molar-refractivity contribution in [3.05, 3.63) is 76.0 Å². The summed E-state index contributed by atoms with van der Waals surface area (Å²) in [4.78, 5) is 26.9. The molecule has 0 unspecified atom stereocenters. The topological polar surface area (TPSA) is 70.7 Å². The fourth-order valence-corrected chi connectivity index (χ4v) is 3.90. The van der Waals surface area contributed by atoms with Crippen LogP contribution in [0, 0.1) is 0 Å². The van der Waals surface area contributed by atoms with Gasteiger partial charge in [-0.2, -0.15) is 26.3 Å². The zero-order valence-electron chi connectivity index (χ0n) is 19.7. The Balaban J connectivity index is 1.97. The van der Waals surface area contributed by atoms with Gasteiger partial charge in [-0.05, 0) is 62.0 Å². The highest BCUT2D eigenvalue weighted by molar-refractivity contribution is 7.80. The first-order valence-electron chi connectivity index (χ1n) is 10.8. The number of alkyl halides is 6. The average Bonchev–Trinajstić information content (AvgIpc) is 2.81. The number of esters is 1. The van der Waals surface area contributed by atoms with Gasteiger partial charge in [-0.1, -0.05) is 12.1 Å². The fraction of sp³-hybridized carbons (Fsp3) is 0.292. The lowest BCUT2D eigenvalue weighted by molar-refractivity contribution is -0.143. The van der Waals surface area contributed by atoms with Crippen molar-refractivity contribution in [3.63, 3.8) is 0 Å². The molecule has 198 valence electrons. The predicted octanol–water partition coefficient (Wildman–Crippen LogP) is 5.67. The molecule has 1 atom stereocenters. The van der Waals surface area contributed by atoms with E-state index in [0.29, 0.717) is 28.5 Å². The van der Waals surface area contributed by atoms with Crippen molar-refractivity contribution in [1.29, 1.82) is 0 Å². The number of rotatable bonds is 5. The monoisotopic (exact) mass is 545 g/mol. The Kier molecular flexibility index (Phi) is 7.86. The number of anilines is 1. The van der Waals surface area contributed by atoms with E-state index >= 15 is 0 Å². The molecular formula is C24H21F6N3O3S. The smallest absolute Gasteiger partial charge is 0.416 e. The standard InChI is InChI=1S/C24H21F6N3O3S/c1-4-36-21(35)18-12(2)33(3)22(37)32-19(18)13-6-5-7-17(10-13)31-20(34)14-8-15(23(25,26)27)11-16(9-14)24(28,29)30/h5-11,19H,4H2,1-3H3,(H,31,34)(H,32,37)/t19-/m1/s1. The summed E-state index contributed by atoms with van der Waals surface area (Å²) in [5, 5.41) is 5.62. The zero-order chi connectivity index (χ0) is 27.7. The second-order valence-electron chi connectivity index (χ2n) is 8.04. The Morgan fingerprint density at radius 1 is 1.05 bits per heavy atom. The van der Waals surface area contributed by atoms with Crippen LogP contribution in [-0.2, 0) is 21.9 Å². The normalized spacial score (nSPS) is 16.4. The summed E-state index contributed by atoms with van der Waals surface area (Å²) in [6.45, 7) is 3.43. The molecule has 1 amide bonds. The third kappa shape index (κ3) is 6.21. The molecule has 0 aliphatic carbocycles. The molecule has 0 radical (unpaired) electrons. The summed E-state index contributed by atoms with van der Waals surface area (Å²) in [6, 6.07) is 5.77. The first-order chi connectivity index (χ1) is 17.1. The Labute approximate surface area is 213 Å². The first kappa shape index (κ1) is 28.0. The van der Waals surface area contributed by atoms with Crippen molar-refractivity contribution < 1.29 is 40.7 Å². The Morgan fingerprint density at radius 2 is 1.65 bits per heavy atom. The third-order valence-electron chi connectivity index (χ3n) is 5.58. The van der Waals surface area contributed by atoms with Gasteiger partial charge in [0.05, 0.1) is 29.3 Å². The van der Waals surface area contributed by atoms with Crippen LogP contribution in [0.5, 0.6) is 0 Å². The average molecular weight is 546 g/mol. The van der Waals surface area contributed by atoms with Crippen LogP contribution in [0.2, 0.25) is 0 Å². The van der Waals surface area contributed by atoms with Crippen molar-refractivity contribution in [1.82, 2.24) is 10.2 Å². The van der Waals surface area contributed by atoms with E-state index in [2.05, 4.69) is 10.6 Å². The van der Waals surface area contributed by atoms with Crippen LogP contribution >= 0.6 is 12.2 Å². The number of amides is 1. The van der Waals surface area contributed by atoms with E-state index in [-0.39, 0.29) is 23.9 Å². The first-order valence-corrected chi connectivity index (χ1v) is 11.2. The number of hydrogen-bond donors (Lipinski definition) is 2. The number of ether oxygens (including phenoxy) is 1. The number of nitrogens with zero attached hydrogens (tertiary/aromatic N) is 1. The summed E-state index contributed by atoms with van der Waals surface area (Å²) in [7, 11) is 1.65. The quantitative estimate of drug-likeness (QED) is 0.287. The molecule has 6 nitrogen and oxygen atoms in total. The Morgan fingerprint density at radius 3 is 2.19 bits per heavy atom. The van der Waals surface area contributed by atoms with Gasteiger partial charge in [0, 0.05) is 24.0 Å². The minimum atomic E-state index is -5.10. The highest BCUT2D eigenvalue weighted by Gasteiger charge is 2.38. The van der Waals surface area contributed by atoms with E-state index in [0.717, 1.165) is 0 Å². The maximum atomic E-state index is 13.2. The Hall–Kier alpha value is -3.61. The van der Waals surface area contributed by atoms with Gasteiger partial charge in [0.1, 0.15) is 0 Å². The molecule has 0 spiro atoms. The zero-order valence-corrected chi connectivity index (χ0v) is 20.5. The molecule has 0 bridgehead atoms. The molecule has 2 aromatic rings. The van der Waals surface area contributed by atoms with E-state index in [4.69, 9.17) is 17.0 Å². The van der Waals surface area contributed by atoms with E-state index < -0.39 is 47.0 Å². The van der Waals surface area contributed by atoms with Crippen LogP contribution in [0.4, 0.5) is 32.0 Å². The highest BCUT2D eigenvalue weighted by Crippen LogP contribution is 2.37. The maximum absolute atomic E-state index is 13.2. The van der Waals surface area contributed by atoms with E-state index in [1.54, 1.807) is 31.9 Å². The molecule has 0 saturated heterocycles. The lowest BCUT2D eigenvalue weighted by atomic mass is 9.94. The molecule has 1 aliphatic rings. The number of allylic oxidation sites excluding steroid dienone is 1. The van der Waals surface area contributed by atoms with Gasteiger partial charge >= 0.3 is 18.3 Å². The minimum absolute atomic E-state index is 0.0579. The van der Waals surface area contributed by atoms with Crippen molar-refractivity contribution in [3.8, 4) is 0 Å². The molecule has 37 heavy (non-hydrogen) atoms. The second kappa shape index (κ2) is 10.4. The second-order valence-corrected chi connectivity index (χ2v) is 8.42. The van der Waals surface area contributed by atoms with Crippen LogP contribution in [0.25, 0.3) is 0 Å². The molecule has 1 heterocycles. The molecule has 13 heteroatoms. The van der Waals surface area contributed by atoms with Crippen LogP contribution < -0.4 is 10.6 Å². The van der Waals surface area contributed by atoms with Gasteiger partial charge < -0.3 is 20.3 Å². The van der Waals surface area contributed by atoms with Gasteiger partial charge in [0.25, 0.3) is 5.91 Å². The number of thiocarbonyl (C=S) groups is 1. The molecule has 2 N–H and O–H groups in total. The summed E-state index contributed by atoms with van der Waals surface area (Å²) < 4.78 is 84.2. The van der Waals surface area contributed by atoms with Gasteiger partial charge in [0.15, 0.2) is 5.11 Å². The molecule has 3 rings (SSSR count). The lowest BCUT2D eigenvalue weighted by Crippen LogP contribution is -2.46. The maximum Gasteiger partial charge on any atom is 0.416 e. The van der Waals surface area contributed by atoms with E-state index in [1.807, 2.05) is 0 Å². The lowest BCUT2D eigenvalue weighted by Gasteiger charge is -2.35. The van der Waals surface area contributed by atoms with Crippen LogP contribution in [0.3, 0.4) is 0 Å². The number of carbonyl (C=O) groups is 2. The molecule has 2 aromatic carbocycles. The van der Waals surface area contributed by atoms with E-state index in [1.165, 1.54) is 18.2 Å². The van der Waals surface area contributed by atoms with Crippen LogP contribution in [-0.4, -0.2) is 35.5 Å². The molecule has 0 aromatic heterocycles. The Bertz CT molecular complexity index is 1240. The van der Waals surface area contributed by atoms with Crippen LogP contribution in [0.1, 0.15) is 46.9 Å². The van der Waals surface area contributed by atoms with Gasteiger partial charge in [-0.3, -0.25) is 4.79 Å². The number of halogens is 6. The predicted molar refractivity (Wildman–Crippen MR) is 126 cm³/mol. The summed E-state index contributed by atoms with van der Waals surface area (Å²) in [5.41, 5.74) is -2.76. The summed E-state index contributed by atoms with van der Waals surface area (Å²) in [5.74, 6) is -1.79. The molecule has 0 fully saturated rings. The minimum Gasteiger partial charge on any atom is -0.463 e. The number of carbonyl (C=O) groups excluding carboxylic acids is 2. The third-order valence-corrected chi connectivity index (χ3v) is 5.97. The summed E-state index contributed by atoms with van der Waals surface area (Å²) in [6.07, 6.45) is -10.2. The van der Waals surface area contributed by atoms with Crippen molar-refractivity contribution >= 4 is 34.9 Å². The highest BCUT2D eigenvalue weighted by atomic mass is 32.1. The van der Waals surface area contributed by atoms with Gasteiger partial charge in [-0.25, -0.2) is 4.79 Å². The fourth-order valence-electron chi connectivity index (χ4n) is 3.64. The van der Waals surface area contributed by atoms with Crippen molar-refractivity contribution in [2.45, 2.75) is 32.2 Å². The number of benzene rings is 2.